The second-order valence-electron chi connectivity index (χ2n) is 4.95. The van der Waals surface area contributed by atoms with Crippen LogP contribution in [0.4, 0.5) is 0 Å². The molecule has 0 saturated heterocycles. The van der Waals surface area contributed by atoms with Gasteiger partial charge in [0.05, 0.1) is 35.0 Å². The number of ether oxygens (including phenoxy) is 1. The third kappa shape index (κ3) is 3.27. The molecule has 19 heavy (non-hydrogen) atoms. The number of fused-ring (bicyclic) bond motifs is 1. The Bertz CT molecular complexity index is 547. The molecule has 0 saturated carbocycles. The van der Waals surface area contributed by atoms with Gasteiger partial charge in [-0.15, -0.1) is 11.3 Å². The Labute approximate surface area is 116 Å². The molecule has 0 unspecified atom stereocenters. The molecule has 0 atom stereocenters. The number of methoxy groups -OCH3 is 1. The topological polar surface area (TPSA) is 64.1 Å². The number of nitrogens with zero attached hydrogens (tertiary/aromatic N) is 2. The van der Waals surface area contributed by atoms with Gasteiger partial charge in [-0.1, -0.05) is 0 Å². The van der Waals surface area contributed by atoms with Crippen LogP contribution in [0.25, 0.3) is 10.2 Å². The average Bonchev–Trinajstić information content (AvgIpc) is 2.78. The van der Waals surface area contributed by atoms with E-state index in [1.807, 2.05) is 19.9 Å². The summed E-state index contributed by atoms with van der Waals surface area (Å²) in [6.07, 6.45) is 3.47. The number of rotatable bonds is 5. The van der Waals surface area contributed by atoms with Crippen LogP contribution < -0.4 is 5.32 Å². The molecule has 102 valence electrons. The summed E-state index contributed by atoms with van der Waals surface area (Å²) in [6, 6.07) is 1.92. The average molecular weight is 279 g/mol. The highest BCUT2D eigenvalue weighted by Crippen LogP contribution is 2.21. The van der Waals surface area contributed by atoms with E-state index in [1.165, 1.54) is 0 Å². The molecule has 2 rings (SSSR count). The summed E-state index contributed by atoms with van der Waals surface area (Å²) in [6.45, 7) is 4.54. The molecule has 0 fully saturated rings. The third-order valence-electron chi connectivity index (χ3n) is 2.75. The number of thiazole rings is 1. The molecule has 1 N–H and O–H groups in total. The molecular weight excluding hydrogens is 262 g/mol. The Morgan fingerprint density at radius 2 is 2.32 bits per heavy atom. The van der Waals surface area contributed by atoms with Crippen LogP contribution in [0.1, 0.15) is 18.9 Å². The maximum Gasteiger partial charge on any atom is 0.228 e. The van der Waals surface area contributed by atoms with E-state index in [4.69, 9.17) is 4.74 Å². The number of aromatic nitrogens is 2. The normalized spacial score (nSPS) is 11.7. The van der Waals surface area contributed by atoms with Crippen molar-refractivity contribution in [3.8, 4) is 0 Å². The molecule has 6 heteroatoms. The number of hydrogen-bond acceptors (Lipinski definition) is 5. The van der Waals surface area contributed by atoms with Crippen LogP contribution in [0.3, 0.4) is 0 Å². The zero-order valence-corrected chi connectivity index (χ0v) is 12.1. The van der Waals surface area contributed by atoms with Gasteiger partial charge in [0, 0.05) is 13.3 Å². The third-order valence-corrected chi connectivity index (χ3v) is 3.79. The molecule has 0 aromatic carbocycles. The Hall–Kier alpha value is -1.53. The quantitative estimate of drug-likeness (QED) is 0.909. The standard InChI is InChI=1S/C13H17N3O2S/c1-13(2,8-18-3)12(17)15-7-11-16-9-6-14-5-4-10(9)19-11/h4-6H,7-8H2,1-3H3,(H,15,17). The number of nitrogens with one attached hydrogen (secondary N) is 1. The zero-order chi connectivity index (χ0) is 13.9. The summed E-state index contributed by atoms with van der Waals surface area (Å²) >= 11 is 1.57. The monoisotopic (exact) mass is 279 g/mol. The summed E-state index contributed by atoms with van der Waals surface area (Å²) in [7, 11) is 1.59. The van der Waals surface area contributed by atoms with Crippen molar-refractivity contribution in [2.24, 2.45) is 5.41 Å². The SMILES string of the molecule is COCC(C)(C)C(=O)NCc1nc2cnccc2s1. The van der Waals surface area contributed by atoms with Gasteiger partial charge in [0.1, 0.15) is 5.01 Å². The predicted octanol–water partition coefficient (Wildman–Crippen LogP) is 1.98. The van der Waals surface area contributed by atoms with E-state index in [1.54, 1.807) is 30.8 Å². The Morgan fingerprint density at radius 3 is 3.00 bits per heavy atom. The molecule has 2 heterocycles. The Morgan fingerprint density at radius 1 is 1.53 bits per heavy atom. The molecule has 5 nitrogen and oxygen atoms in total. The van der Waals surface area contributed by atoms with Crippen LogP contribution in [0, 0.1) is 5.41 Å². The molecule has 0 spiro atoms. The molecule has 2 aromatic heterocycles. The second-order valence-corrected chi connectivity index (χ2v) is 6.07. The van der Waals surface area contributed by atoms with Gasteiger partial charge in [-0.25, -0.2) is 4.98 Å². The van der Waals surface area contributed by atoms with Gasteiger partial charge in [0.15, 0.2) is 0 Å². The van der Waals surface area contributed by atoms with Crippen molar-refractivity contribution in [2.75, 3.05) is 13.7 Å². The first-order valence-corrected chi connectivity index (χ1v) is 6.81. The highest BCUT2D eigenvalue weighted by Gasteiger charge is 2.27. The number of carbonyl (C=O) groups excluding carboxylic acids is 1. The van der Waals surface area contributed by atoms with Crippen LogP contribution in [0.5, 0.6) is 0 Å². The highest BCUT2D eigenvalue weighted by molar-refractivity contribution is 7.18. The van der Waals surface area contributed by atoms with Gasteiger partial charge in [0.2, 0.25) is 5.91 Å². The van der Waals surface area contributed by atoms with E-state index in [0.717, 1.165) is 15.2 Å². The van der Waals surface area contributed by atoms with Crippen LogP contribution in [-0.4, -0.2) is 29.6 Å². The Balaban J connectivity index is 2.00. The van der Waals surface area contributed by atoms with Crippen LogP contribution in [-0.2, 0) is 16.1 Å². The first kappa shape index (κ1) is 13.9. The van der Waals surface area contributed by atoms with Crippen molar-refractivity contribution in [1.29, 1.82) is 0 Å². The fourth-order valence-corrected chi connectivity index (χ4v) is 2.60. The lowest BCUT2D eigenvalue weighted by Gasteiger charge is -2.21. The number of amides is 1. The second kappa shape index (κ2) is 5.63. The van der Waals surface area contributed by atoms with E-state index in [0.29, 0.717) is 13.2 Å². The molecule has 0 radical (unpaired) electrons. The van der Waals surface area contributed by atoms with E-state index in [2.05, 4.69) is 15.3 Å². The van der Waals surface area contributed by atoms with Crippen molar-refractivity contribution in [2.45, 2.75) is 20.4 Å². The highest BCUT2D eigenvalue weighted by atomic mass is 32.1. The summed E-state index contributed by atoms with van der Waals surface area (Å²) in [5, 5.41) is 3.77. The molecule has 2 aromatic rings. The summed E-state index contributed by atoms with van der Waals surface area (Å²) < 4.78 is 6.12. The van der Waals surface area contributed by atoms with Crippen molar-refractivity contribution >= 4 is 27.5 Å². The van der Waals surface area contributed by atoms with Crippen LogP contribution >= 0.6 is 11.3 Å². The van der Waals surface area contributed by atoms with E-state index in [9.17, 15) is 4.79 Å². The largest absolute Gasteiger partial charge is 0.384 e. The fourth-order valence-electron chi connectivity index (χ4n) is 1.72. The summed E-state index contributed by atoms with van der Waals surface area (Å²) in [5.74, 6) is -0.0354. The van der Waals surface area contributed by atoms with E-state index >= 15 is 0 Å². The fraction of sp³-hybridized carbons (Fsp3) is 0.462. The Kier molecular flexibility index (Phi) is 4.11. The van der Waals surface area contributed by atoms with E-state index < -0.39 is 5.41 Å². The number of pyridine rings is 1. The number of carbonyl (C=O) groups is 1. The van der Waals surface area contributed by atoms with Crippen LogP contribution in [0.2, 0.25) is 0 Å². The van der Waals surface area contributed by atoms with Gasteiger partial charge in [-0.2, -0.15) is 0 Å². The van der Waals surface area contributed by atoms with Crippen molar-refractivity contribution in [3.05, 3.63) is 23.5 Å². The van der Waals surface area contributed by atoms with Gasteiger partial charge >= 0.3 is 0 Å². The zero-order valence-electron chi connectivity index (χ0n) is 11.3. The summed E-state index contributed by atoms with van der Waals surface area (Å²) in [4.78, 5) is 20.5. The van der Waals surface area contributed by atoms with Gasteiger partial charge in [0.25, 0.3) is 0 Å². The lowest BCUT2D eigenvalue weighted by molar-refractivity contribution is -0.132. The van der Waals surface area contributed by atoms with Crippen molar-refractivity contribution in [3.63, 3.8) is 0 Å². The van der Waals surface area contributed by atoms with Gasteiger partial charge < -0.3 is 10.1 Å². The minimum Gasteiger partial charge on any atom is -0.384 e. The first-order chi connectivity index (χ1) is 9.03. The lowest BCUT2D eigenvalue weighted by Crippen LogP contribution is -2.39. The maximum atomic E-state index is 12.0. The van der Waals surface area contributed by atoms with Gasteiger partial charge in [-0.05, 0) is 19.9 Å². The van der Waals surface area contributed by atoms with Gasteiger partial charge in [-0.3, -0.25) is 9.78 Å². The molecule has 1 amide bonds. The minimum atomic E-state index is -0.535. The summed E-state index contributed by atoms with van der Waals surface area (Å²) in [5.41, 5.74) is 0.334. The smallest absolute Gasteiger partial charge is 0.228 e. The first-order valence-electron chi connectivity index (χ1n) is 5.99. The molecule has 0 aliphatic rings. The molecule has 0 bridgehead atoms. The predicted molar refractivity (Wildman–Crippen MR) is 74.9 cm³/mol. The van der Waals surface area contributed by atoms with E-state index in [-0.39, 0.29) is 5.91 Å². The minimum absolute atomic E-state index is 0.0354. The van der Waals surface area contributed by atoms with Crippen LogP contribution in [0.15, 0.2) is 18.5 Å². The van der Waals surface area contributed by atoms with Crippen molar-refractivity contribution < 1.29 is 9.53 Å². The molecule has 0 aliphatic carbocycles. The maximum absolute atomic E-state index is 12.0. The number of hydrogen-bond donors (Lipinski definition) is 1. The van der Waals surface area contributed by atoms with Crippen molar-refractivity contribution in [1.82, 2.24) is 15.3 Å². The lowest BCUT2D eigenvalue weighted by atomic mass is 9.94. The molecular formula is C13H17N3O2S. The molecule has 0 aliphatic heterocycles.